The molecule has 1 aliphatic carbocycles. The number of para-hydroxylation sites is 1. The Balaban J connectivity index is 1.34. The number of aliphatic imine (C=N–C) groups is 1. The zero-order valence-electron chi connectivity index (χ0n) is 17.4. The van der Waals surface area contributed by atoms with Crippen molar-refractivity contribution in [1.29, 1.82) is 0 Å². The molecule has 1 saturated carbocycles. The van der Waals surface area contributed by atoms with E-state index >= 15 is 0 Å². The molecule has 0 saturated heterocycles. The van der Waals surface area contributed by atoms with Gasteiger partial charge >= 0.3 is 0 Å². The fourth-order valence-electron chi connectivity index (χ4n) is 3.87. The molecule has 0 amide bonds. The topological polar surface area (TPSA) is 79.5 Å². The lowest BCUT2D eigenvalue weighted by Gasteiger charge is -2.30. The quantitative estimate of drug-likeness (QED) is 0.438. The molecule has 1 fully saturated rings. The summed E-state index contributed by atoms with van der Waals surface area (Å²) in [6.45, 7) is 2.54. The Hall–Kier alpha value is -2.19. The lowest BCUT2D eigenvalue weighted by Crippen LogP contribution is -2.46. The van der Waals surface area contributed by atoms with Gasteiger partial charge in [-0.2, -0.15) is 0 Å². The molecule has 2 aromatic heterocycles. The number of guanidine groups is 1. The number of hydrogen-bond donors (Lipinski definition) is 2. The van der Waals surface area contributed by atoms with Crippen molar-refractivity contribution in [2.24, 2.45) is 4.99 Å². The van der Waals surface area contributed by atoms with Crippen LogP contribution >= 0.6 is 11.3 Å². The van der Waals surface area contributed by atoms with Crippen LogP contribution in [0.4, 0.5) is 0 Å². The molecule has 4 rings (SSSR count). The molecule has 8 heteroatoms. The molecule has 0 bridgehead atoms. The molecule has 2 N–H and O–H groups in total. The third-order valence-corrected chi connectivity index (χ3v) is 8.23. The fourth-order valence-corrected chi connectivity index (χ4v) is 6.15. The summed E-state index contributed by atoms with van der Waals surface area (Å²) in [4.78, 5) is 9.00. The van der Waals surface area contributed by atoms with Crippen LogP contribution in [0.15, 0.2) is 45.8 Å². The molecule has 1 aliphatic rings. The highest BCUT2D eigenvalue weighted by atomic mass is 32.2. The Morgan fingerprint density at radius 2 is 2.17 bits per heavy atom. The van der Waals surface area contributed by atoms with Gasteiger partial charge in [-0.1, -0.05) is 25.5 Å². The van der Waals surface area contributed by atoms with E-state index in [4.69, 9.17) is 4.42 Å². The van der Waals surface area contributed by atoms with Gasteiger partial charge in [0.05, 0.1) is 16.8 Å². The van der Waals surface area contributed by atoms with Gasteiger partial charge < -0.3 is 15.1 Å². The summed E-state index contributed by atoms with van der Waals surface area (Å²) in [5.74, 6) is 3.11. The highest BCUT2D eigenvalue weighted by Gasteiger charge is 2.26. The fraction of sp³-hybridized carbons (Fsp3) is 0.455. The van der Waals surface area contributed by atoms with E-state index in [-0.39, 0.29) is 0 Å². The summed E-state index contributed by atoms with van der Waals surface area (Å²) in [7, 11) is 1.05. The molecule has 30 heavy (non-hydrogen) atoms. The molecular weight excluding hydrogens is 416 g/mol. The minimum Gasteiger partial charge on any atom is -0.457 e. The smallest absolute Gasteiger partial charge is 0.191 e. The van der Waals surface area contributed by atoms with Crippen molar-refractivity contribution >= 4 is 38.3 Å². The first kappa shape index (κ1) is 21.1. The SMILES string of the molecule is CCS(=O)C1CCCC(NC(=NC)NCc2ccc(-c3nc4ccccc4s3)o2)C1. The van der Waals surface area contributed by atoms with Crippen LogP contribution in [0.2, 0.25) is 0 Å². The van der Waals surface area contributed by atoms with Crippen molar-refractivity contribution in [3.63, 3.8) is 0 Å². The highest BCUT2D eigenvalue weighted by Crippen LogP contribution is 2.31. The van der Waals surface area contributed by atoms with Crippen LogP contribution in [0.1, 0.15) is 38.4 Å². The average molecular weight is 445 g/mol. The van der Waals surface area contributed by atoms with Crippen molar-refractivity contribution in [1.82, 2.24) is 15.6 Å². The number of nitrogens with zero attached hydrogens (tertiary/aromatic N) is 2. The Kier molecular flexibility index (Phi) is 6.84. The van der Waals surface area contributed by atoms with E-state index in [0.29, 0.717) is 17.8 Å². The van der Waals surface area contributed by atoms with Crippen molar-refractivity contribution < 1.29 is 8.63 Å². The molecule has 3 unspecified atom stereocenters. The van der Waals surface area contributed by atoms with E-state index in [2.05, 4.69) is 26.7 Å². The summed E-state index contributed by atoms with van der Waals surface area (Å²) in [5, 5.41) is 8.01. The van der Waals surface area contributed by atoms with Gasteiger partial charge in [0.2, 0.25) is 0 Å². The molecular formula is C22H28N4O2S2. The Bertz CT molecular complexity index is 1010. The third-order valence-electron chi connectivity index (χ3n) is 5.44. The first-order valence-corrected chi connectivity index (χ1v) is 12.6. The summed E-state index contributed by atoms with van der Waals surface area (Å²) >= 11 is 1.63. The lowest BCUT2D eigenvalue weighted by atomic mass is 9.95. The predicted octanol–water partition coefficient (Wildman–Crippen LogP) is 4.30. The summed E-state index contributed by atoms with van der Waals surface area (Å²) in [6.07, 6.45) is 4.19. The van der Waals surface area contributed by atoms with Crippen LogP contribution in [-0.2, 0) is 17.3 Å². The highest BCUT2D eigenvalue weighted by molar-refractivity contribution is 7.85. The molecule has 0 aliphatic heterocycles. The molecule has 6 nitrogen and oxygen atoms in total. The Morgan fingerprint density at radius 3 is 2.97 bits per heavy atom. The minimum atomic E-state index is -0.726. The zero-order chi connectivity index (χ0) is 20.9. The lowest BCUT2D eigenvalue weighted by molar-refractivity contribution is 0.412. The molecule has 1 aromatic carbocycles. The van der Waals surface area contributed by atoms with Gasteiger partial charge in [-0.15, -0.1) is 11.3 Å². The van der Waals surface area contributed by atoms with Crippen LogP contribution < -0.4 is 10.6 Å². The summed E-state index contributed by atoms with van der Waals surface area (Å²) in [6, 6.07) is 12.4. The van der Waals surface area contributed by atoms with Crippen LogP contribution in [0.3, 0.4) is 0 Å². The normalized spacial score (nSPS) is 20.9. The first-order chi connectivity index (χ1) is 14.7. The van der Waals surface area contributed by atoms with Crippen molar-refractivity contribution in [2.45, 2.75) is 50.4 Å². The maximum atomic E-state index is 12.2. The molecule has 0 radical (unpaired) electrons. The number of aromatic nitrogens is 1. The van der Waals surface area contributed by atoms with Crippen LogP contribution in [0.25, 0.3) is 21.0 Å². The largest absolute Gasteiger partial charge is 0.457 e. The zero-order valence-corrected chi connectivity index (χ0v) is 19.0. The van der Waals surface area contributed by atoms with Crippen LogP contribution in [0.5, 0.6) is 0 Å². The van der Waals surface area contributed by atoms with E-state index in [1.54, 1.807) is 18.4 Å². The number of furan rings is 1. The maximum absolute atomic E-state index is 12.2. The molecule has 3 aromatic rings. The van der Waals surface area contributed by atoms with Crippen molar-refractivity contribution in [2.75, 3.05) is 12.8 Å². The monoisotopic (exact) mass is 444 g/mol. The van der Waals surface area contributed by atoms with Gasteiger partial charge in [-0.3, -0.25) is 9.20 Å². The molecule has 160 valence electrons. The molecule has 3 atom stereocenters. The van der Waals surface area contributed by atoms with Crippen LogP contribution in [-0.4, -0.2) is 39.2 Å². The maximum Gasteiger partial charge on any atom is 0.191 e. The van der Waals surface area contributed by atoms with Gasteiger partial charge in [-0.25, -0.2) is 4.98 Å². The van der Waals surface area contributed by atoms with E-state index in [1.165, 1.54) is 0 Å². The second-order valence-corrected chi connectivity index (χ2v) is 10.5. The van der Waals surface area contributed by atoms with E-state index in [9.17, 15) is 4.21 Å². The van der Waals surface area contributed by atoms with E-state index in [0.717, 1.165) is 64.1 Å². The molecule has 2 heterocycles. The second-order valence-electron chi connectivity index (χ2n) is 7.48. The predicted molar refractivity (Wildman–Crippen MR) is 125 cm³/mol. The molecule has 0 spiro atoms. The number of rotatable bonds is 6. The number of thiazole rings is 1. The minimum absolute atomic E-state index is 0.292. The van der Waals surface area contributed by atoms with Gasteiger partial charge in [0.1, 0.15) is 5.76 Å². The third kappa shape index (κ3) is 4.92. The Morgan fingerprint density at radius 1 is 1.30 bits per heavy atom. The van der Waals surface area contributed by atoms with Crippen molar-refractivity contribution in [3.8, 4) is 10.8 Å². The number of benzene rings is 1. The van der Waals surface area contributed by atoms with Crippen LogP contribution in [0, 0.1) is 0 Å². The first-order valence-electron chi connectivity index (χ1n) is 10.4. The summed E-state index contributed by atoms with van der Waals surface area (Å²) < 4.78 is 19.3. The second kappa shape index (κ2) is 9.75. The number of nitrogens with one attached hydrogen (secondary N) is 2. The standard InChI is InChI=1S/C22H28N4O2S2/c1-3-30(27)17-8-6-7-15(13-17)25-22(23-2)24-14-16-11-12-19(28-16)21-26-18-9-4-5-10-20(18)29-21/h4-5,9-12,15,17H,3,6-8,13-14H2,1-2H3,(H2,23,24,25). The summed E-state index contributed by atoms with van der Waals surface area (Å²) in [5.41, 5.74) is 0.993. The van der Waals surface area contributed by atoms with E-state index < -0.39 is 10.8 Å². The number of fused-ring (bicyclic) bond motifs is 1. The van der Waals surface area contributed by atoms with Gasteiger partial charge in [-0.05, 0) is 43.5 Å². The van der Waals surface area contributed by atoms with Gasteiger partial charge in [0.15, 0.2) is 16.7 Å². The average Bonchev–Trinajstić information content (AvgIpc) is 3.43. The van der Waals surface area contributed by atoms with Gasteiger partial charge in [0.25, 0.3) is 0 Å². The Labute approximate surface area is 183 Å². The number of hydrogen-bond acceptors (Lipinski definition) is 5. The van der Waals surface area contributed by atoms with Gasteiger partial charge in [0, 0.05) is 34.9 Å². The van der Waals surface area contributed by atoms with Crippen molar-refractivity contribution in [3.05, 3.63) is 42.2 Å². The van der Waals surface area contributed by atoms with E-state index in [1.807, 2.05) is 37.3 Å².